The molecule has 3 aromatic rings. The molecule has 0 heterocycles. The number of amides is 1. The van der Waals surface area contributed by atoms with Gasteiger partial charge in [-0.05, 0) is 30.3 Å². The van der Waals surface area contributed by atoms with E-state index in [4.69, 9.17) is 0 Å². The van der Waals surface area contributed by atoms with Crippen LogP contribution in [-0.2, 0) is 0 Å². The van der Waals surface area contributed by atoms with E-state index in [2.05, 4.69) is 21.1 Å². The zero-order chi connectivity index (χ0) is 19.8. The Bertz CT molecular complexity index is 1030. The van der Waals surface area contributed by atoms with Crippen molar-refractivity contribution >= 4 is 24.0 Å². The fraction of sp³-hybridized carbons (Fsp3) is 0. The molecule has 28 heavy (non-hydrogen) atoms. The number of hydrazone groups is 2. The van der Waals surface area contributed by atoms with Crippen molar-refractivity contribution in [2.75, 3.05) is 5.43 Å². The van der Waals surface area contributed by atoms with Gasteiger partial charge >= 0.3 is 0 Å². The van der Waals surface area contributed by atoms with Gasteiger partial charge in [0.1, 0.15) is 11.6 Å². The van der Waals surface area contributed by atoms with E-state index in [0.717, 1.165) is 0 Å². The molecule has 0 aliphatic heterocycles. The van der Waals surface area contributed by atoms with Crippen LogP contribution in [0.1, 0.15) is 21.5 Å². The fourth-order valence-corrected chi connectivity index (χ4v) is 2.29. The van der Waals surface area contributed by atoms with Crippen LogP contribution in [0.2, 0.25) is 0 Å². The Balaban J connectivity index is 1.61. The molecule has 1 amide bonds. The summed E-state index contributed by atoms with van der Waals surface area (Å²) < 4.78 is 27.0. The lowest BCUT2D eigenvalue weighted by atomic mass is 10.2. The predicted molar refractivity (Wildman–Crippen MR) is 106 cm³/mol. The van der Waals surface area contributed by atoms with E-state index in [1.165, 1.54) is 24.6 Å². The van der Waals surface area contributed by atoms with Gasteiger partial charge in [0.2, 0.25) is 0 Å². The zero-order valence-electron chi connectivity index (χ0n) is 14.6. The molecule has 3 rings (SSSR count). The van der Waals surface area contributed by atoms with Gasteiger partial charge in [-0.3, -0.25) is 10.2 Å². The number of anilines is 1. The normalized spacial score (nSPS) is 11.1. The molecule has 0 spiro atoms. The third-order valence-corrected chi connectivity index (χ3v) is 3.70. The first-order valence-corrected chi connectivity index (χ1v) is 8.35. The number of benzene rings is 3. The van der Waals surface area contributed by atoms with Crippen molar-refractivity contribution in [1.29, 1.82) is 0 Å². The van der Waals surface area contributed by atoms with Gasteiger partial charge in [-0.2, -0.15) is 10.2 Å². The summed E-state index contributed by atoms with van der Waals surface area (Å²) in [5.41, 5.74) is 6.55. The number of hydrogen-bond acceptors (Lipinski definition) is 4. The fourth-order valence-electron chi connectivity index (χ4n) is 2.29. The first-order chi connectivity index (χ1) is 13.6. The molecule has 5 nitrogen and oxygen atoms in total. The second-order valence-electron chi connectivity index (χ2n) is 5.69. The van der Waals surface area contributed by atoms with Crippen molar-refractivity contribution in [2.24, 2.45) is 10.2 Å². The van der Waals surface area contributed by atoms with E-state index in [9.17, 15) is 13.6 Å². The van der Waals surface area contributed by atoms with Crippen molar-refractivity contribution in [3.8, 4) is 0 Å². The Morgan fingerprint density at radius 2 is 1.39 bits per heavy atom. The Morgan fingerprint density at radius 3 is 2.04 bits per heavy atom. The molecule has 2 N–H and O–H groups in total. The molecular weight excluding hydrogens is 362 g/mol. The van der Waals surface area contributed by atoms with E-state index in [1.54, 1.807) is 60.7 Å². The lowest BCUT2D eigenvalue weighted by Crippen LogP contribution is -2.17. The lowest BCUT2D eigenvalue weighted by molar-refractivity contribution is 0.0955. The second kappa shape index (κ2) is 9.18. The van der Waals surface area contributed by atoms with Crippen molar-refractivity contribution in [1.82, 2.24) is 5.43 Å². The summed E-state index contributed by atoms with van der Waals surface area (Å²) in [7, 11) is 0. The molecule has 7 heteroatoms. The maximum absolute atomic E-state index is 13.5. The van der Waals surface area contributed by atoms with E-state index in [1.807, 2.05) is 0 Å². The number of hydrogen-bond donors (Lipinski definition) is 2. The molecule has 0 fully saturated rings. The first kappa shape index (κ1) is 18.9. The molecule has 3 aromatic carbocycles. The number of rotatable bonds is 6. The molecule has 0 saturated carbocycles. The highest BCUT2D eigenvalue weighted by Crippen LogP contribution is 2.11. The van der Waals surface area contributed by atoms with Crippen molar-refractivity contribution in [3.05, 3.63) is 101 Å². The molecule has 0 aliphatic carbocycles. The van der Waals surface area contributed by atoms with Gasteiger partial charge in [0, 0.05) is 16.7 Å². The Hall–Kier alpha value is -3.87. The van der Waals surface area contributed by atoms with Gasteiger partial charge in [-0.15, -0.1) is 0 Å². The average Bonchev–Trinajstić information content (AvgIpc) is 2.71. The maximum Gasteiger partial charge on any atom is 0.271 e. The molecular formula is C21H16F2N4O. The first-order valence-electron chi connectivity index (χ1n) is 8.35. The minimum atomic E-state index is -0.464. The van der Waals surface area contributed by atoms with Crippen LogP contribution < -0.4 is 10.9 Å². The van der Waals surface area contributed by atoms with Crippen LogP contribution in [0.4, 0.5) is 14.5 Å². The van der Waals surface area contributed by atoms with Gasteiger partial charge in [-0.25, -0.2) is 14.2 Å². The van der Waals surface area contributed by atoms with Crippen LogP contribution in [0.5, 0.6) is 0 Å². The number of nitrogens with zero attached hydrogens (tertiary/aromatic N) is 2. The van der Waals surface area contributed by atoms with Gasteiger partial charge in [0.15, 0.2) is 0 Å². The topological polar surface area (TPSA) is 65.8 Å². The lowest BCUT2D eigenvalue weighted by Gasteiger charge is -2.04. The molecule has 0 aliphatic rings. The van der Waals surface area contributed by atoms with Crippen molar-refractivity contribution in [2.45, 2.75) is 0 Å². The molecule has 0 atom stereocenters. The Morgan fingerprint density at radius 1 is 0.786 bits per heavy atom. The van der Waals surface area contributed by atoms with Crippen LogP contribution in [0.15, 0.2) is 83.0 Å². The second-order valence-corrected chi connectivity index (χ2v) is 5.69. The smallest absolute Gasteiger partial charge is 0.271 e. The quantitative estimate of drug-likeness (QED) is 0.499. The highest BCUT2D eigenvalue weighted by molar-refractivity contribution is 5.95. The summed E-state index contributed by atoms with van der Waals surface area (Å²) in [5.74, 6) is -1.28. The Labute approximate surface area is 160 Å². The summed E-state index contributed by atoms with van der Waals surface area (Å²) in [5, 5.41) is 7.73. The predicted octanol–water partition coefficient (Wildman–Crippen LogP) is 4.17. The van der Waals surface area contributed by atoms with E-state index < -0.39 is 11.7 Å². The summed E-state index contributed by atoms with van der Waals surface area (Å²) >= 11 is 0. The summed E-state index contributed by atoms with van der Waals surface area (Å²) in [4.78, 5) is 12.2. The number of halogens is 2. The number of carbonyl (C=O) groups is 1. The highest BCUT2D eigenvalue weighted by atomic mass is 19.1. The number of carbonyl (C=O) groups excluding carboxylic acids is 1. The van der Waals surface area contributed by atoms with Crippen molar-refractivity contribution in [3.63, 3.8) is 0 Å². The average molecular weight is 378 g/mol. The van der Waals surface area contributed by atoms with Crippen LogP contribution >= 0.6 is 0 Å². The summed E-state index contributed by atoms with van der Waals surface area (Å²) in [6, 6.07) is 18.9. The Kier molecular flexibility index (Phi) is 6.20. The maximum atomic E-state index is 13.5. The third kappa shape index (κ3) is 5.07. The molecule has 140 valence electrons. The van der Waals surface area contributed by atoms with Gasteiger partial charge in [-0.1, -0.05) is 42.5 Å². The van der Waals surface area contributed by atoms with E-state index in [-0.39, 0.29) is 11.4 Å². The van der Waals surface area contributed by atoms with Gasteiger partial charge in [0.25, 0.3) is 5.91 Å². The van der Waals surface area contributed by atoms with Gasteiger partial charge < -0.3 is 0 Å². The zero-order valence-corrected chi connectivity index (χ0v) is 14.6. The standard InChI is InChI=1S/C21H16F2N4O/c22-19-10-3-1-6-16(19)13-24-26-18-9-5-8-15(12-18)21(28)27-25-14-17-7-2-4-11-20(17)23/h1-14,26H,(H,27,28)/b24-13-,25-14-. The minimum absolute atomic E-state index is 0.265. The van der Waals surface area contributed by atoms with Crippen molar-refractivity contribution < 1.29 is 13.6 Å². The largest absolute Gasteiger partial charge is 0.278 e. The molecule has 0 unspecified atom stereocenters. The molecule has 0 radical (unpaired) electrons. The molecule has 0 bridgehead atoms. The van der Waals surface area contributed by atoms with E-state index >= 15 is 0 Å². The highest BCUT2D eigenvalue weighted by Gasteiger charge is 2.05. The van der Waals surface area contributed by atoms with Crippen LogP contribution in [0, 0.1) is 11.6 Å². The van der Waals surface area contributed by atoms with Gasteiger partial charge in [0.05, 0.1) is 18.1 Å². The molecule has 0 saturated heterocycles. The summed E-state index contributed by atoms with van der Waals surface area (Å²) in [6.45, 7) is 0. The SMILES string of the molecule is O=C(N/N=C\c1ccccc1F)c1cccc(N/N=C\c2ccccc2F)c1. The van der Waals surface area contributed by atoms with Crippen LogP contribution in [-0.4, -0.2) is 18.3 Å². The summed E-state index contributed by atoms with van der Waals surface area (Å²) in [6.07, 6.45) is 2.58. The third-order valence-electron chi connectivity index (χ3n) is 3.70. The van der Waals surface area contributed by atoms with Crippen LogP contribution in [0.3, 0.4) is 0 Å². The van der Waals surface area contributed by atoms with Crippen LogP contribution in [0.25, 0.3) is 0 Å². The van der Waals surface area contributed by atoms with E-state index in [0.29, 0.717) is 16.8 Å². The monoisotopic (exact) mass is 378 g/mol. The number of nitrogens with one attached hydrogen (secondary N) is 2. The minimum Gasteiger partial charge on any atom is -0.278 e. The molecule has 0 aromatic heterocycles.